The van der Waals surface area contributed by atoms with Crippen LogP contribution in [0, 0.1) is 10.1 Å². The summed E-state index contributed by atoms with van der Waals surface area (Å²) < 4.78 is 1.36. The smallest absolute Gasteiger partial charge is 0.288 e. The maximum absolute atomic E-state index is 11.8. The first-order chi connectivity index (χ1) is 9.58. The lowest BCUT2D eigenvalue weighted by atomic mass is 10.4. The zero-order valence-corrected chi connectivity index (χ0v) is 10.6. The summed E-state index contributed by atoms with van der Waals surface area (Å²) in [6, 6.07) is 6.46. The van der Waals surface area contributed by atoms with E-state index in [2.05, 4.69) is 15.5 Å². The second kappa shape index (κ2) is 5.74. The normalized spacial score (nSPS) is 10.7. The van der Waals surface area contributed by atoms with Gasteiger partial charge in [0.1, 0.15) is 5.69 Å². The number of hydrogen-bond donors (Lipinski definition) is 1. The number of nitro groups is 1. The van der Waals surface area contributed by atoms with E-state index in [0.717, 1.165) is 0 Å². The Morgan fingerprint density at radius 2 is 2.35 bits per heavy atom. The van der Waals surface area contributed by atoms with E-state index in [1.54, 1.807) is 31.4 Å². The van der Waals surface area contributed by atoms with Gasteiger partial charge in [-0.25, -0.2) is 5.43 Å². The van der Waals surface area contributed by atoms with Crippen molar-refractivity contribution in [2.75, 3.05) is 0 Å². The molecule has 0 fully saturated rings. The second-order valence-corrected chi connectivity index (χ2v) is 3.91. The van der Waals surface area contributed by atoms with Crippen molar-refractivity contribution in [1.82, 2.24) is 15.0 Å². The van der Waals surface area contributed by atoms with E-state index in [-0.39, 0.29) is 11.4 Å². The monoisotopic (exact) mass is 273 g/mol. The number of pyridine rings is 1. The summed E-state index contributed by atoms with van der Waals surface area (Å²) in [6.07, 6.45) is 4.25. The van der Waals surface area contributed by atoms with Gasteiger partial charge in [-0.05, 0) is 12.1 Å². The van der Waals surface area contributed by atoms with Crippen molar-refractivity contribution in [3.63, 3.8) is 0 Å². The number of amides is 1. The highest BCUT2D eigenvalue weighted by atomic mass is 16.6. The molecule has 0 saturated heterocycles. The number of rotatable bonds is 4. The molecule has 102 valence electrons. The standard InChI is InChI=1S/C12H11N5O3/c1-16-8-10(17(19)20)6-11(16)12(18)15-14-7-9-4-2-3-5-13-9/h2-8H,1H3,(H,15,18)/b14-7+. The lowest BCUT2D eigenvalue weighted by Gasteiger charge is -1.99. The summed E-state index contributed by atoms with van der Waals surface area (Å²) in [5.74, 6) is -0.534. The molecule has 0 spiro atoms. The van der Waals surface area contributed by atoms with Gasteiger partial charge < -0.3 is 4.57 Å². The highest BCUT2D eigenvalue weighted by Crippen LogP contribution is 2.14. The zero-order chi connectivity index (χ0) is 14.5. The Labute approximate surface area is 113 Å². The third-order valence-corrected chi connectivity index (χ3v) is 2.48. The van der Waals surface area contributed by atoms with Crippen molar-refractivity contribution in [1.29, 1.82) is 0 Å². The summed E-state index contributed by atoms with van der Waals surface area (Å²) in [6.45, 7) is 0. The maximum Gasteiger partial charge on any atom is 0.288 e. The molecule has 0 aliphatic heterocycles. The summed E-state index contributed by atoms with van der Waals surface area (Å²) in [7, 11) is 1.55. The Morgan fingerprint density at radius 1 is 1.55 bits per heavy atom. The SMILES string of the molecule is Cn1cc([N+](=O)[O-])cc1C(=O)N/N=C/c1ccccn1. The summed E-state index contributed by atoms with van der Waals surface area (Å²) in [5.41, 5.74) is 2.88. The Morgan fingerprint density at radius 3 is 2.95 bits per heavy atom. The van der Waals surface area contributed by atoms with Gasteiger partial charge in [0.15, 0.2) is 0 Å². The van der Waals surface area contributed by atoms with Gasteiger partial charge in [0.05, 0.1) is 23.0 Å². The topological polar surface area (TPSA) is 102 Å². The fraction of sp³-hybridized carbons (Fsp3) is 0.0833. The molecule has 0 radical (unpaired) electrons. The predicted molar refractivity (Wildman–Crippen MR) is 71.4 cm³/mol. The number of aryl methyl sites for hydroxylation is 1. The number of carbonyl (C=O) groups is 1. The number of aromatic nitrogens is 2. The van der Waals surface area contributed by atoms with Crippen molar-refractivity contribution in [2.24, 2.45) is 12.1 Å². The molecule has 1 amide bonds. The molecule has 0 aliphatic rings. The van der Waals surface area contributed by atoms with Crippen LogP contribution in [0.15, 0.2) is 41.8 Å². The highest BCUT2D eigenvalue weighted by Gasteiger charge is 2.16. The molecule has 2 rings (SSSR count). The molecule has 20 heavy (non-hydrogen) atoms. The van der Waals surface area contributed by atoms with Gasteiger partial charge in [-0.1, -0.05) is 6.07 Å². The average Bonchev–Trinajstić information content (AvgIpc) is 2.82. The molecule has 0 atom stereocenters. The lowest BCUT2D eigenvalue weighted by molar-refractivity contribution is -0.384. The maximum atomic E-state index is 11.8. The molecule has 0 aromatic carbocycles. The largest absolute Gasteiger partial charge is 0.340 e. The summed E-state index contributed by atoms with van der Waals surface area (Å²) in [5, 5.41) is 14.4. The number of nitrogens with one attached hydrogen (secondary N) is 1. The first kappa shape index (κ1) is 13.4. The Balaban J connectivity index is 2.05. The minimum atomic E-state index is -0.562. The Kier molecular flexibility index (Phi) is 3.85. The van der Waals surface area contributed by atoms with E-state index in [0.29, 0.717) is 5.69 Å². The van der Waals surface area contributed by atoms with E-state index in [4.69, 9.17) is 0 Å². The van der Waals surface area contributed by atoms with E-state index in [1.807, 2.05) is 0 Å². The van der Waals surface area contributed by atoms with E-state index < -0.39 is 10.8 Å². The second-order valence-electron chi connectivity index (χ2n) is 3.91. The number of hydrazone groups is 1. The molecule has 8 heteroatoms. The Hall–Kier alpha value is -3.03. The molecule has 0 unspecified atom stereocenters. The van der Waals surface area contributed by atoms with Gasteiger partial charge in [-0.3, -0.25) is 19.9 Å². The van der Waals surface area contributed by atoms with Crippen LogP contribution in [0.2, 0.25) is 0 Å². The molecule has 2 aromatic heterocycles. The van der Waals surface area contributed by atoms with Crippen LogP contribution in [0.3, 0.4) is 0 Å². The first-order valence-electron chi connectivity index (χ1n) is 5.63. The number of carbonyl (C=O) groups excluding carboxylic acids is 1. The van der Waals surface area contributed by atoms with Crippen LogP contribution in [0.4, 0.5) is 5.69 Å². The van der Waals surface area contributed by atoms with Gasteiger partial charge in [-0.15, -0.1) is 0 Å². The third-order valence-electron chi connectivity index (χ3n) is 2.48. The fourth-order valence-corrected chi connectivity index (χ4v) is 1.54. The van der Waals surface area contributed by atoms with Crippen LogP contribution in [0.5, 0.6) is 0 Å². The lowest BCUT2D eigenvalue weighted by Crippen LogP contribution is -2.20. The summed E-state index contributed by atoms with van der Waals surface area (Å²) >= 11 is 0. The van der Waals surface area contributed by atoms with Gasteiger partial charge >= 0.3 is 0 Å². The quantitative estimate of drug-likeness (QED) is 0.511. The molecule has 1 N–H and O–H groups in total. The first-order valence-corrected chi connectivity index (χ1v) is 5.63. The van der Waals surface area contributed by atoms with Gasteiger partial charge in [0, 0.05) is 19.3 Å². The highest BCUT2D eigenvalue weighted by molar-refractivity contribution is 5.94. The van der Waals surface area contributed by atoms with E-state index in [1.165, 1.54) is 23.0 Å². The average molecular weight is 273 g/mol. The van der Waals surface area contributed by atoms with Crippen LogP contribution in [0.25, 0.3) is 0 Å². The summed E-state index contributed by atoms with van der Waals surface area (Å²) in [4.78, 5) is 25.9. The third kappa shape index (κ3) is 3.05. The van der Waals surface area contributed by atoms with Crippen molar-refractivity contribution < 1.29 is 9.72 Å². The predicted octanol–water partition coefficient (Wildman–Crippen LogP) is 1.09. The molecule has 2 aromatic rings. The van der Waals surface area contributed by atoms with Crippen LogP contribution in [0.1, 0.15) is 16.2 Å². The molecule has 0 saturated carbocycles. The molecule has 2 heterocycles. The van der Waals surface area contributed by atoms with Crippen LogP contribution in [-0.4, -0.2) is 26.6 Å². The van der Waals surface area contributed by atoms with E-state index >= 15 is 0 Å². The van der Waals surface area contributed by atoms with E-state index in [9.17, 15) is 14.9 Å². The van der Waals surface area contributed by atoms with Gasteiger partial charge in [0.25, 0.3) is 11.6 Å². The van der Waals surface area contributed by atoms with Crippen LogP contribution >= 0.6 is 0 Å². The van der Waals surface area contributed by atoms with Crippen molar-refractivity contribution in [2.45, 2.75) is 0 Å². The van der Waals surface area contributed by atoms with Crippen molar-refractivity contribution in [3.05, 3.63) is 58.2 Å². The molecule has 8 nitrogen and oxygen atoms in total. The van der Waals surface area contributed by atoms with Crippen molar-refractivity contribution in [3.8, 4) is 0 Å². The fourth-order valence-electron chi connectivity index (χ4n) is 1.54. The molecular weight excluding hydrogens is 262 g/mol. The molecule has 0 bridgehead atoms. The molecule has 0 aliphatic carbocycles. The number of hydrogen-bond acceptors (Lipinski definition) is 5. The van der Waals surface area contributed by atoms with Gasteiger partial charge in [-0.2, -0.15) is 5.10 Å². The zero-order valence-electron chi connectivity index (χ0n) is 10.6. The van der Waals surface area contributed by atoms with Crippen LogP contribution in [-0.2, 0) is 7.05 Å². The minimum absolute atomic E-state index is 0.147. The Bertz CT molecular complexity index is 663. The molecular formula is C12H11N5O3. The minimum Gasteiger partial charge on any atom is -0.340 e. The van der Waals surface area contributed by atoms with Gasteiger partial charge in [0.2, 0.25) is 0 Å². The van der Waals surface area contributed by atoms with Crippen LogP contribution < -0.4 is 5.43 Å². The number of nitrogens with zero attached hydrogens (tertiary/aromatic N) is 4. The van der Waals surface area contributed by atoms with Crippen molar-refractivity contribution >= 4 is 17.8 Å².